The van der Waals surface area contributed by atoms with Crippen LogP contribution in [0.15, 0.2) is 48.5 Å². The highest BCUT2D eigenvalue weighted by Gasteiger charge is 2.33. The Morgan fingerprint density at radius 1 is 1.04 bits per heavy atom. The van der Waals surface area contributed by atoms with Gasteiger partial charge in [-0.3, -0.25) is 9.59 Å². The van der Waals surface area contributed by atoms with E-state index in [1.54, 1.807) is 36.4 Å². The summed E-state index contributed by atoms with van der Waals surface area (Å²) < 4.78 is 13.1. The molecule has 2 aromatic rings. The van der Waals surface area contributed by atoms with Crippen LogP contribution < -0.4 is 5.32 Å². The Balaban J connectivity index is 1.50. The molecule has 2 fully saturated rings. The molecule has 5 heteroatoms. The quantitative estimate of drug-likeness (QED) is 0.855. The number of amides is 2. The molecule has 2 saturated carbocycles. The standard InChI is InChI=1S/C21H21FN2O2/c22-17-8-4-14(5-9-17)13-24(19-10-11-19)21(26)16-2-1-3-18(12-16)23-20(25)15-6-7-15/h1-5,8-9,12,15,19H,6-7,10-11,13H2,(H,23,25). The number of halogens is 1. The molecule has 2 aliphatic rings. The van der Waals surface area contributed by atoms with Gasteiger partial charge in [-0.1, -0.05) is 18.2 Å². The predicted octanol–water partition coefficient (Wildman–Crippen LogP) is 3.98. The van der Waals surface area contributed by atoms with Crippen LogP contribution in [0.3, 0.4) is 0 Å². The summed E-state index contributed by atoms with van der Waals surface area (Å²) in [5.41, 5.74) is 2.13. The van der Waals surface area contributed by atoms with Crippen LogP contribution in [0.5, 0.6) is 0 Å². The lowest BCUT2D eigenvalue weighted by atomic mass is 10.1. The number of carbonyl (C=O) groups is 2. The monoisotopic (exact) mass is 352 g/mol. The van der Waals surface area contributed by atoms with Gasteiger partial charge in [0.1, 0.15) is 5.82 Å². The van der Waals surface area contributed by atoms with Crippen molar-refractivity contribution >= 4 is 17.5 Å². The normalized spacial score (nSPS) is 16.2. The molecule has 0 unspecified atom stereocenters. The number of nitrogens with one attached hydrogen (secondary N) is 1. The SMILES string of the molecule is O=C(Nc1cccc(C(=O)N(Cc2ccc(F)cc2)C2CC2)c1)C1CC1. The molecule has 2 aliphatic carbocycles. The maximum Gasteiger partial charge on any atom is 0.254 e. The largest absolute Gasteiger partial charge is 0.331 e. The van der Waals surface area contributed by atoms with Gasteiger partial charge in [0.15, 0.2) is 0 Å². The fourth-order valence-electron chi connectivity index (χ4n) is 3.03. The van der Waals surface area contributed by atoms with Crippen molar-refractivity contribution in [1.29, 1.82) is 0 Å². The van der Waals surface area contributed by atoms with Crippen molar-refractivity contribution in [3.05, 3.63) is 65.5 Å². The first-order chi connectivity index (χ1) is 12.6. The van der Waals surface area contributed by atoms with Crippen LogP contribution in [0.25, 0.3) is 0 Å². The van der Waals surface area contributed by atoms with Crippen molar-refractivity contribution in [2.75, 3.05) is 5.32 Å². The molecule has 0 spiro atoms. The second-order valence-corrected chi connectivity index (χ2v) is 7.14. The molecule has 0 bridgehead atoms. The maximum absolute atomic E-state index is 13.1. The van der Waals surface area contributed by atoms with Crippen LogP contribution in [0.1, 0.15) is 41.6 Å². The van der Waals surface area contributed by atoms with Gasteiger partial charge in [0.2, 0.25) is 5.91 Å². The maximum atomic E-state index is 13.1. The van der Waals surface area contributed by atoms with Crippen molar-refractivity contribution in [3.8, 4) is 0 Å². The number of hydrogen-bond donors (Lipinski definition) is 1. The highest BCUT2D eigenvalue weighted by molar-refractivity contribution is 5.98. The number of anilines is 1. The van der Waals surface area contributed by atoms with Crippen molar-refractivity contribution in [1.82, 2.24) is 4.90 Å². The zero-order valence-electron chi connectivity index (χ0n) is 14.5. The summed E-state index contributed by atoms with van der Waals surface area (Å²) in [5.74, 6) is -0.188. The Kier molecular flexibility index (Phi) is 4.45. The fourth-order valence-corrected chi connectivity index (χ4v) is 3.03. The third kappa shape index (κ3) is 3.93. The third-order valence-electron chi connectivity index (χ3n) is 4.84. The first-order valence-corrected chi connectivity index (χ1v) is 9.06. The zero-order valence-corrected chi connectivity index (χ0v) is 14.5. The number of rotatable bonds is 6. The molecular formula is C21H21FN2O2. The van der Waals surface area contributed by atoms with Gasteiger partial charge in [-0.2, -0.15) is 0 Å². The van der Waals surface area contributed by atoms with E-state index in [0.29, 0.717) is 17.8 Å². The lowest BCUT2D eigenvalue weighted by molar-refractivity contribution is -0.117. The van der Waals surface area contributed by atoms with Gasteiger partial charge in [-0.15, -0.1) is 0 Å². The van der Waals surface area contributed by atoms with Crippen molar-refractivity contribution < 1.29 is 14.0 Å². The van der Waals surface area contributed by atoms with Gasteiger partial charge < -0.3 is 10.2 Å². The molecule has 0 atom stereocenters. The topological polar surface area (TPSA) is 49.4 Å². The zero-order chi connectivity index (χ0) is 18.1. The van der Waals surface area contributed by atoms with Crippen LogP contribution in [0, 0.1) is 11.7 Å². The van der Waals surface area contributed by atoms with Gasteiger partial charge in [0.25, 0.3) is 5.91 Å². The van der Waals surface area contributed by atoms with Crippen molar-refractivity contribution in [3.63, 3.8) is 0 Å². The van der Waals surface area contributed by atoms with Gasteiger partial charge in [0.05, 0.1) is 0 Å². The van der Waals surface area contributed by atoms with Gasteiger partial charge in [0, 0.05) is 29.8 Å². The molecule has 2 amide bonds. The minimum atomic E-state index is -0.280. The van der Waals surface area contributed by atoms with Crippen LogP contribution in [-0.2, 0) is 11.3 Å². The molecule has 2 aromatic carbocycles. The Hall–Kier alpha value is -2.69. The van der Waals surface area contributed by atoms with E-state index < -0.39 is 0 Å². The summed E-state index contributed by atoms with van der Waals surface area (Å²) in [5, 5.41) is 2.89. The Morgan fingerprint density at radius 2 is 1.77 bits per heavy atom. The lowest BCUT2D eigenvalue weighted by Gasteiger charge is -2.23. The fraction of sp³-hybridized carbons (Fsp3) is 0.333. The van der Waals surface area contributed by atoms with E-state index in [1.165, 1.54) is 12.1 Å². The summed E-state index contributed by atoms with van der Waals surface area (Å²) in [6.45, 7) is 0.461. The Bertz CT molecular complexity index is 826. The second-order valence-electron chi connectivity index (χ2n) is 7.14. The van der Waals surface area contributed by atoms with E-state index in [4.69, 9.17) is 0 Å². The minimum Gasteiger partial charge on any atom is -0.331 e. The number of nitrogens with zero attached hydrogens (tertiary/aromatic N) is 1. The number of benzene rings is 2. The smallest absolute Gasteiger partial charge is 0.254 e. The van der Waals surface area contributed by atoms with E-state index in [-0.39, 0.29) is 29.6 Å². The Morgan fingerprint density at radius 3 is 2.42 bits per heavy atom. The van der Waals surface area contributed by atoms with E-state index in [0.717, 1.165) is 31.2 Å². The molecule has 0 heterocycles. The molecule has 0 saturated heterocycles. The summed E-state index contributed by atoms with van der Waals surface area (Å²) >= 11 is 0. The van der Waals surface area contributed by atoms with E-state index in [9.17, 15) is 14.0 Å². The van der Waals surface area contributed by atoms with E-state index in [2.05, 4.69) is 5.32 Å². The molecule has 0 aliphatic heterocycles. The van der Waals surface area contributed by atoms with Gasteiger partial charge >= 0.3 is 0 Å². The van der Waals surface area contributed by atoms with Crippen LogP contribution in [-0.4, -0.2) is 22.8 Å². The highest BCUT2D eigenvalue weighted by Crippen LogP contribution is 2.32. The average molecular weight is 352 g/mol. The minimum absolute atomic E-state index is 0.0277. The van der Waals surface area contributed by atoms with Crippen LogP contribution in [0.2, 0.25) is 0 Å². The molecule has 26 heavy (non-hydrogen) atoms. The average Bonchev–Trinajstić information content (AvgIpc) is 3.53. The summed E-state index contributed by atoms with van der Waals surface area (Å²) in [6, 6.07) is 13.6. The summed E-state index contributed by atoms with van der Waals surface area (Å²) in [4.78, 5) is 26.8. The summed E-state index contributed by atoms with van der Waals surface area (Å²) in [6.07, 6.45) is 3.87. The van der Waals surface area contributed by atoms with E-state index in [1.807, 2.05) is 4.90 Å². The molecule has 1 N–H and O–H groups in total. The molecule has 0 aromatic heterocycles. The Labute approximate surface area is 152 Å². The third-order valence-corrected chi connectivity index (χ3v) is 4.84. The molecule has 134 valence electrons. The lowest BCUT2D eigenvalue weighted by Crippen LogP contribution is -2.32. The summed E-state index contributed by atoms with van der Waals surface area (Å²) in [7, 11) is 0. The first kappa shape index (κ1) is 16.8. The van der Waals surface area contributed by atoms with Crippen LogP contribution >= 0.6 is 0 Å². The van der Waals surface area contributed by atoms with Gasteiger partial charge in [-0.25, -0.2) is 4.39 Å². The molecular weight excluding hydrogens is 331 g/mol. The second kappa shape index (κ2) is 6.90. The molecule has 4 rings (SSSR count). The van der Waals surface area contributed by atoms with Crippen molar-refractivity contribution in [2.45, 2.75) is 38.3 Å². The highest BCUT2D eigenvalue weighted by atomic mass is 19.1. The predicted molar refractivity (Wildman–Crippen MR) is 97.1 cm³/mol. The van der Waals surface area contributed by atoms with E-state index >= 15 is 0 Å². The number of carbonyl (C=O) groups excluding carboxylic acids is 2. The molecule has 0 radical (unpaired) electrons. The van der Waals surface area contributed by atoms with Gasteiger partial charge in [-0.05, 0) is 61.6 Å². The van der Waals surface area contributed by atoms with Crippen LogP contribution in [0.4, 0.5) is 10.1 Å². The first-order valence-electron chi connectivity index (χ1n) is 9.06. The van der Waals surface area contributed by atoms with Crippen molar-refractivity contribution in [2.24, 2.45) is 5.92 Å². The molecule has 4 nitrogen and oxygen atoms in total. The number of hydrogen-bond acceptors (Lipinski definition) is 2.